The van der Waals surface area contributed by atoms with Gasteiger partial charge in [0.2, 0.25) is 5.91 Å². The Bertz CT molecular complexity index is 477. The highest BCUT2D eigenvalue weighted by molar-refractivity contribution is 5.77. The molecule has 4 nitrogen and oxygen atoms in total. The Kier molecular flexibility index (Phi) is 4.04. The monoisotopic (exact) mass is 266 g/mol. The van der Waals surface area contributed by atoms with Crippen LogP contribution in [0.25, 0.3) is 0 Å². The van der Waals surface area contributed by atoms with Gasteiger partial charge in [-0.15, -0.1) is 0 Å². The van der Waals surface area contributed by atoms with Gasteiger partial charge >= 0.3 is 0 Å². The maximum absolute atomic E-state index is 13.8. The molecule has 1 unspecified atom stereocenters. The molecule has 1 fully saturated rings. The molecule has 1 amide bonds. The number of rotatable bonds is 3. The maximum Gasteiger partial charge on any atom is 0.222 e. The normalized spacial score (nSPS) is 21.2. The van der Waals surface area contributed by atoms with Crippen molar-refractivity contribution in [3.8, 4) is 0 Å². The minimum Gasteiger partial charge on any atom is -0.389 e. The zero-order valence-electron chi connectivity index (χ0n) is 11.0. The minimum absolute atomic E-state index is 0.209. The van der Waals surface area contributed by atoms with Crippen molar-refractivity contribution in [2.75, 3.05) is 18.0 Å². The van der Waals surface area contributed by atoms with Crippen molar-refractivity contribution in [1.29, 1.82) is 0 Å². The predicted octanol–water partition coefficient (Wildman–Crippen LogP) is 1.58. The van der Waals surface area contributed by atoms with Crippen LogP contribution in [0.5, 0.6) is 0 Å². The van der Waals surface area contributed by atoms with Gasteiger partial charge in [0.1, 0.15) is 5.82 Å². The number of nitrogens with zero attached hydrogens (tertiary/aromatic N) is 1. The number of amides is 1. The van der Waals surface area contributed by atoms with E-state index in [1.807, 2.05) is 4.90 Å². The van der Waals surface area contributed by atoms with Gasteiger partial charge < -0.3 is 15.7 Å². The van der Waals surface area contributed by atoms with Crippen LogP contribution in [0.15, 0.2) is 18.2 Å². The van der Waals surface area contributed by atoms with Crippen LogP contribution in [-0.2, 0) is 4.79 Å². The lowest BCUT2D eigenvalue weighted by Crippen LogP contribution is -2.41. The van der Waals surface area contributed by atoms with Gasteiger partial charge in [0.15, 0.2) is 0 Å². The zero-order chi connectivity index (χ0) is 14.0. The van der Waals surface area contributed by atoms with Gasteiger partial charge in [0, 0.05) is 24.3 Å². The first-order chi connectivity index (χ1) is 9.00. The van der Waals surface area contributed by atoms with Gasteiger partial charge in [-0.3, -0.25) is 4.79 Å². The summed E-state index contributed by atoms with van der Waals surface area (Å²) in [6, 6.07) is 4.72. The molecule has 1 heterocycles. The van der Waals surface area contributed by atoms with E-state index in [2.05, 4.69) is 0 Å². The molecule has 1 aliphatic heterocycles. The molecule has 2 atom stereocenters. The third kappa shape index (κ3) is 2.87. The topological polar surface area (TPSA) is 66.6 Å². The van der Waals surface area contributed by atoms with Crippen LogP contribution in [0.1, 0.15) is 31.4 Å². The van der Waals surface area contributed by atoms with Gasteiger partial charge in [0.25, 0.3) is 0 Å². The minimum atomic E-state index is -0.884. The van der Waals surface area contributed by atoms with E-state index in [0.29, 0.717) is 12.2 Å². The molecule has 1 aliphatic rings. The number of hydrogen-bond donors (Lipinski definition) is 2. The van der Waals surface area contributed by atoms with E-state index in [1.54, 1.807) is 12.1 Å². The molecule has 1 saturated heterocycles. The number of nitrogens with two attached hydrogens (primary N) is 1. The fraction of sp³-hybridized carbons (Fsp3) is 0.500. The van der Waals surface area contributed by atoms with Crippen LogP contribution in [0.4, 0.5) is 10.1 Å². The Balaban J connectivity index is 2.31. The number of carbonyl (C=O) groups is 1. The summed E-state index contributed by atoms with van der Waals surface area (Å²) in [6.07, 6.45) is 0.722. The van der Waals surface area contributed by atoms with E-state index in [4.69, 9.17) is 5.73 Å². The lowest BCUT2D eigenvalue weighted by molar-refractivity contribution is -0.122. The number of benzene rings is 1. The second-order valence-electron chi connectivity index (χ2n) is 5.04. The summed E-state index contributed by atoms with van der Waals surface area (Å²) in [4.78, 5) is 13.2. The molecule has 2 rings (SSSR count). The summed E-state index contributed by atoms with van der Waals surface area (Å²) in [7, 11) is 0. The fourth-order valence-electron chi connectivity index (χ4n) is 2.64. The lowest BCUT2D eigenvalue weighted by atomic mass is 9.95. The summed E-state index contributed by atoms with van der Waals surface area (Å²) < 4.78 is 13.8. The third-order valence-electron chi connectivity index (χ3n) is 3.61. The largest absolute Gasteiger partial charge is 0.389 e. The van der Waals surface area contributed by atoms with Crippen molar-refractivity contribution in [3.63, 3.8) is 0 Å². The predicted molar refractivity (Wildman–Crippen MR) is 71.2 cm³/mol. The average Bonchev–Trinajstić information content (AvgIpc) is 2.38. The average molecular weight is 266 g/mol. The first kappa shape index (κ1) is 13.8. The number of anilines is 1. The molecule has 104 valence electrons. The quantitative estimate of drug-likeness (QED) is 0.873. The number of piperidine rings is 1. The molecule has 5 heteroatoms. The highest BCUT2D eigenvalue weighted by Crippen LogP contribution is 2.31. The lowest BCUT2D eigenvalue weighted by Gasteiger charge is -2.34. The van der Waals surface area contributed by atoms with Crippen molar-refractivity contribution in [2.24, 2.45) is 11.7 Å². The van der Waals surface area contributed by atoms with Gasteiger partial charge in [0.05, 0.1) is 12.0 Å². The van der Waals surface area contributed by atoms with E-state index >= 15 is 0 Å². The molecule has 0 bridgehead atoms. The number of aliphatic hydroxyl groups excluding tert-OH is 1. The molecule has 0 aliphatic carbocycles. The number of primary amides is 1. The molecule has 0 saturated carbocycles. The van der Waals surface area contributed by atoms with Crippen molar-refractivity contribution < 1.29 is 14.3 Å². The molecular weight excluding hydrogens is 247 g/mol. The highest BCUT2D eigenvalue weighted by atomic mass is 19.1. The first-order valence-electron chi connectivity index (χ1n) is 6.51. The standard InChI is InChI=1S/C14H19FN2O2/c1-9(18)13-11(15)5-2-6-12(13)17-7-3-4-10(8-17)14(16)19/h2,5-6,9-10,18H,3-4,7-8H2,1H3,(H2,16,19)/t9-,10?/m0/s1. The second kappa shape index (κ2) is 5.57. The maximum atomic E-state index is 13.8. The molecule has 0 radical (unpaired) electrons. The first-order valence-corrected chi connectivity index (χ1v) is 6.51. The molecule has 0 spiro atoms. The van der Waals surface area contributed by atoms with Crippen LogP contribution in [0, 0.1) is 11.7 Å². The summed E-state index contributed by atoms with van der Waals surface area (Å²) >= 11 is 0. The Hall–Kier alpha value is -1.62. The summed E-state index contributed by atoms with van der Waals surface area (Å²) in [5, 5.41) is 9.73. The molecule has 19 heavy (non-hydrogen) atoms. The Morgan fingerprint density at radius 3 is 2.95 bits per heavy atom. The summed E-state index contributed by atoms with van der Waals surface area (Å²) in [5.74, 6) is -0.952. The van der Waals surface area contributed by atoms with Crippen LogP contribution < -0.4 is 10.6 Å². The fourth-order valence-corrected chi connectivity index (χ4v) is 2.64. The summed E-state index contributed by atoms with van der Waals surface area (Å²) in [6.45, 7) is 2.77. The van der Waals surface area contributed by atoms with Crippen LogP contribution >= 0.6 is 0 Å². The second-order valence-corrected chi connectivity index (χ2v) is 5.04. The van der Waals surface area contributed by atoms with E-state index in [1.165, 1.54) is 13.0 Å². The van der Waals surface area contributed by atoms with Gasteiger partial charge in [-0.1, -0.05) is 6.07 Å². The number of hydrogen-bond acceptors (Lipinski definition) is 3. The SMILES string of the molecule is C[C@H](O)c1c(F)cccc1N1CCCC(C(N)=O)C1. The zero-order valence-corrected chi connectivity index (χ0v) is 11.0. The molecule has 3 N–H and O–H groups in total. The van der Waals surface area contributed by atoms with E-state index in [9.17, 15) is 14.3 Å². The number of carbonyl (C=O) groups excluding carboxylic acids is 1. The Morgan fingerprint density at radius 2 is 2.32 bits per heavy atom. The summed E-state index contributed by atoms with van der Waals surface area (Å²) in [5.41, 5.74) is 6.28. The molecule has 1 aromatic carbocycles. The van der Waals surface area contributed by atoms with Crippen LogP contribution in [0.3, 0.4) is 0 Å². The van der Waals surface area contributed by atoms with Crippen molar-refractivity contribution in [2.45, 2.75) is 25.9 Å². The molecule has 0 aromatic heterocycles. The van der Waals surface area contributed by atoms with E-state index in [0.717, 1.165) is 19.4 Å². The van der Waals surface area contributed by atoms with Crippen LogP contribution in [-0.4, -0.2) is 24.1 Å². The molecular formula is C14H19FN2O2. The smallest absolute Gasteiger partial charge is 0.222 e. The Labute approximate surface area is 112 Å². The Morgan fingerprint density at radius 1 is 1.58 bits per heavy atom. The van der Waals surface area contributed by atoms with Crippen molar-refractivity contribution >= 4 is 11.6 Å². The van der Waals surface area contributed by atoms with Gasteiger partial charge in [-0.2, -0.15) is 0 Å². The number of halogens is 1. The van der Waals surface area contributed by atoms with Gasteiger partial charge in [-0.05, 0) is 31.9 Å². The third-order valence-corrected chi connectivity index (χ3v) is 3.61. The highest BCUT2D eigenvalue weighted by Gasteiger charge is 2.26. The van der Waals surface area contributed by atoms with Crippen molar-refractivity contribution in [1.82, 2.24) is 0 Å². The number of aliphatic hydroxyl groups is 1. The van der Waals surface area contributed by atoms with E-state index in [-0.39, 0.29) is 17.4 Å². The van der Waals surface area contributed by atoms with E-state index < -0.39 is 11.9 Å². The van der Waals surface area contributed by atoms with Gasteiger partial charge in [-0.25, -0.2) is 4.39 Å². The molecule has 1 aromatic rings. The van der Waals surface area contributed by atoms with Crippen LogP contribution in [0.2, 0.25) is 0 Å². The van der Waals surface area contributed by atoms with Crippen molar-refractivity contribution in [3.05, 3.63) is 29.6 Å².